The van der Waals surface area contributed by atoms with Gasteiger partial charge < -0.3 is 20.4 Å². The van der Waals surface area contributed by atoms with Gasteiger partial charge in [0.15, 0.2) is 0 Å². The topological polar surface area (TPSA) is 55.7 Å². The number of thiophene rings is 2. The molecule has 58 heavy (non-hydrogen) atoms. The number of rotatable bonds is 12. The molecule has 0 bridgehead atoms. The first-order chi connectivity index (χ1) is 27.0. The van der Waals surface area contributed by atoms with Crippen molar-refractivity contribution in [3.05, 3.63) is 163 Å². The van der Waals surface area contributed by atoms with E-state index in [0.29, 0.717) is 13.0 Å². The van der Waals surface area contributed by atoms with Gasteiger partial charge in [-0.2, -0.15) is 0 Å². The van der Waals surface area contributed by atoms with Gasteiger partial charge in [0.2, 0.25) is 0 Å². The fourth-order valence-electron chi connectivity index (χ4n) is 6.65. The largest absolute Gasteiger partial charge is 0.396 e. The summed E-state index contributed by atoms with van der Waals surface area (Å²) in [6.45, 7) is 3.92. The molecule has 5 aromatic carbocycles. The molecule has 0 amide bonds. The van der Waals surface area contributed by atoms with E-state index in [0.717, 1.165) is 54.0 Å². The minimum absolute atomic E-state index is 0. The summed E-state index contributed by atoms with van der Waals surface area (Å²) in [7, 11) is 1.92. The van der Waals surface area contributed by atoms with Gasteiger partial charge in [0.1, 0.15) is 0 Å². The first kappa shape index (κ1) is 48.4. The third-order valence-corrected chi connectivity index (χ3v) is 11.5. The molecule has 7 rings (SSSR count). The molecule has 0 fully saturated rings. The third-order valence-electron chi connectivity index (χ3n) is 9.61. The molecule has 3 N–H and O–H groups in total. The van der Waals surface area contributed by atoms with Crippen LogP contribution in [0.3, 0.4) is 0 Å². The molecular weight excluding hydrogens is 979 g/mol. The molecule has 2 heterocycles. The van der Waals surface area contributed by atoms with E-state index in [1.165, 1.54) is 27.1 Å². The molecule has 0 aliphatic heterocycles. The number of aliphatic hydroxyl groups excluding tert-OH is 2. The summed E-state index contributed by atoms with van der Waals surface area (Å²) in [5.74, 6) is 13.5. The van der Waals surface area contributed by atoms with Crippen molar-refractivity contribution in [2.75, 3.05) is 38.3 Å². The standard InChI is InChI=1S/C49H43N2O2S2.3Y/c1-3-51(29-31-53)42-16-6-36(7-17-42)9-19-44-23-25-46(55-44)21-11-38-13-27-48-41(33-38)34-40-32-37(12-26-47(40)48)10-20-45-24-22-43(54-45)18-8-35-4-14-39(15-5-35)49(50-2)28-30-52;;;/h4-9,12-19,22-27,32-34,49-50,52-53H,3,28-31H2,1-2H3;;;/q-1;;;/b18-8+,19-9+;;;. The smallest absolute Gasteiger partial charge is 0.0778 e. The van der Waals surface area contributed by atoms with Crippen molar-refractivity contribution in [3.63, 3.8) is 0 Å². The number of nitrogens with one attached hydrogen (secondary N) is 1. The molecule has 1 unspecified atom stereocenters. The normalized spacial score (nSPS) is 11.3. The summed E-state index contributed by atoms with van der Waals surface area (Å²) >= 11 is 3.37. The van der Waals surface area contributed by atoms with E-state index < -0.39 is 0 Å². The van der Waals surface area contributed by atoms with E-state index in [2.05, 4.69) is 180 Å². The molecule has 7 aromatic rings. The van der Waals surface area contributed by atoms with Crippen LogP contribution < -0.4 is 10.2 Å². The van der Waals surface area contributed by atoms with Crippen molar-refractivity contribution >= 4 is 74.2 Å². The van der Waals surface area contributed by atoms with Gasteiger partial charge in [0.25, 0.3) is 0 Å². The van der Waals surface area contributed by atoms with Crippen LogP contribution in [-0.2, 0) is 98.1 Å². The van der Waals surface area contributed by atoms with Gasteiger partial charge in [-0.3, -0.25) is 0 Å². The fourth-order valence-corrected chi connectivity index (χ4v) is 8.18. The molecule has 283 valence electrons. The van der Waals surface area contributed by atoms with Crippen LogP contribution in [0.4, 0.5) is 5.69 Å². The first-order valence-corrected chi connectivity index (χ1v) is 20.2. The van der Waals surface area contributed by atoms with E-state index >= 15 is 0 Å². The number of likely N-dealkylation sites (N-methyl/N-ethyl adjacent to an activating group) is 1. The first-order valence-electron chi connectivity index (χ1n) is 18.6. The predicted octanol–water partition coefficient (Wildman–Crippen LogP) is 10.4. The molecule has 9 heteroatoms. The Labute approximate surface area is 426 Å². The van der Waals surface area contributed by atoms with E-state index in [9.17, 15) is 10.2 Å². The molecule has 0 spiro atoms. The number of benzene rings is 4. The van der Waals surface area contributed by atoms with Crippen molar-refractivity contribution in [2.45, 2.75) is 19.4 Å². The number of hydrogen-bond acceptors (Lipinski definition) is 6. The summed E-state index contributed by atoms with van der Waals surface area (Å²) in [4.78, 5) is 6.55. The van der Waals surface area contributed by atoms with Crippen LogP contribution in [0, 0.1) is 23.7 Å². The summed E-state index contributed by atoms with van der Waals surface area (Å²) in [5.41, 5.74) is 6.57. The second kappa shape index (κ2) is 24.3. The summed E-state index contributed by atoms with van der Waals surface area (Å²) < 4.78 is 0. The quantitative estimate of drug-likeness (QED) is 0.0843. The van der Waals surface area contributed by atoms with E-state index in [-0.39, 0.29) is 117 Å². The van der Waals surface area contributed by atoms with Crippen LogP contribution in [0.1, 0.15) is 66.7 Å². The Kier molecular flexibility index (Phi) is 20.2. The van der Waals surface area contributed by atoms with Gasteiger partial charge in [-0.1, -0.05) is 96.5 Å². The van der Waals surface area contributed by atoms with Gasteiger partial charge >= 0.3 is 0 Å². The zero-order valence-electron chi connectivity index (χ0n) is 32.8. The second-order valence-electron chi connectivity index (χ2n) is 13.2. The van der Waals surface area contributed by atoms with E-state index in [1.807, 2.05) is 7.05 Å². The molecule has 0 saturated carbocycles. The van der Waals surface area contributed by atoms with Gasteiger partial charge in [0.05, 0.1) is 16.4 Å². The molecule has 1 atom stereocenters. The fraction of sp³-hybridized carbons (Fsp3) is 0.163. The van der Waals surface area contributed by atoms with Crippen molar-refractivity contribution in [1.82, 2.24) is 5.32 Å². The minimum Gasteiger partial charge on any atom is -0.396 e. The van der Waals surface area contributed by atoms with Crippen molar-refractivity contribution in [2.24, 2.45) is 0 Å². The van der Waals surface area contributed by atoms with Gasteiger partial charge in [-0.05, 0) is 96.8 Å². The molecule has 0 saturated heterocycles. The molecule has 3 radical (unpaired) electrons. The van der Waals surface area contributed by atoms with Crippen LogP contribution in [-0.4, -0.2) is 43.6 Å². The average Bonchev–Trinajstić information content (AvgIpc) is 3.97. The Balaban J connectivity index is 0.00000248. The Morgan fingerprint density at radius 1 is 0.638 bits per heavy atom. The molecule has 2 aromatic heterocycles. The van der Waals surface area contributed by atoms with Crippen LogP contribution >= 0.6 is 22.7 Å². The van der Waals surface area contributed by atoms with Gasteiger partial charge in [-0.15, -0.1) is 62.4 Å². The zero-order chi connectivity index (χ0) is 38.0. The Hall–Kier alpha value is -2.26. The number of hydrogen-bond donors (Lipinski definition) is 3. The second-order valence-corrected chi connectivity index (χ2v) is 15.5. The van der Waals surface area contributed by atoms with Crippen LogP contribution in [0.2, 0.25) is 0 Å². The maximum atomic E-state index is 9.30. The Bertz CT molecular complexity index is 2400. The predicted molar refractivity (Wildman–Crippen MR) is 237 cm³/mol. The summed E-state index contributed by atoms with van der Waals surface area (Å²) in [6.07, 6.45) is 9.21. The number of nitrogens with zero attached hydrogens (tertiary/aromatic N) is 1. The van der Waals surface area contributed by atoms with Crippen LogP contribution in [0.15, 0.2) is 115 Å². The average molecular weight is 1020 g/mol. The van der Waals surface area contributed by atoms with Crippen molar-refractivity contribution < 1.29 is 108 Å². The molecule has 0 aliphatic rings. The number of anilines is 1. The molecular formula is C49H43N2O2S2Y3-. The van der Waals surface area contributed by atoms with E-state index in [4.69, 9.17) is 0 Å². The SMILES string of the molecule is CCN(CCO)c1ccc(/C=C/c2ccc(C#Cc3ccc4c(c3)[cH-]c3cc(C#Cc5ccc(/C=C/c6ccc(C(CCO)NC)cc6)s5)ccc34)s2)cc1.[Y].[Y].[Y]. The maximum absolute atomic E-state index is 9.30. The number of aliphatic hydroxyl groups is 2. The third kappa shape index (κ3) is 12.9. The molecule has 0 aliphatic carbocycles. The van der Waals surface area contributed by atoms with Crippen LogP contribution in [0.25, 0.3) is 45.8 Å². The van der Waals surface area contributed by atoms with Gasteiger partial charge in [0, 0.05) is 139 Å². The van der Waals surface area contributed by atoms with Crippen molar-refractivity contribution in [3.8, 4) is 23.7 Å². The van der Waals surface area contributed by atoms with Crippen molar-refractivity contribution in [1.29, 1.82) is 0 Å². The molecule has 4 nitrogen and oxygen atoms in total. The Morgan fingerprint density at radius 3 is 1.62 bits per heavy atom. The Morgan fingerprint density at radius 2 is 1.16 bits per heavy atom. The maximum Gasteiger partial charge on any atom is 0.0778 e. The summed E-state index contributed by atoms with van der Waals surface area (Å²) in [5, 5.41) is 26.7. The monoisotopic (exact) mass is 1020 g/mol. The van der Waals surface area contributed by atoms with Crippen LogP contribution in [0.5, 0.6) is 0 Å². The zero-order valence-corrected chi connectivity index (χ0v) is 42.9. The number of fused-ring (bicyclic) bond motifs is 3. The summed E-state index contributed by atoms with van der Waals surface area (Å²) in [6, 6.07) is 40.6. The van der Waals surface area contributed by atoms with Gasteiger partial charge in [-0.25, -0.2) is 0 Å². The van der Waals surface area contributed by atoms with E-state index in [1.54, 1.807) is 22.7 Å². The minimum atomic E-state index is 0.